The van der Waals surface area contributed by atoms with E-state index in [-0.39, 0.29) is 11.0 Å². The van der Waals surface area contributed by atoms with E-state index in [2.05, 4.69) is 5.32 Å². The molecule has 0 unspecified atom stereocenters. The Bertz CT molecular complexity index is 340. The fraction of sp³-hybridized carbons (Fsp3) is 0.125. The average molecular weight is 183 g/mol. The highest BCUT2D eigenvalue weighted by atomic mass is 32.1. The van der Waals surface area contributed by atoms with Crippen LogP contribution in [0, 0.1) is 5.82 Å². The van der Waals surface area contributed by atoms with Crippen molar-refractivity contribution in [2.75, 3.05) is 5.32 Å². The molecule has 2 rings (SSSR count). The minimum absolute atomic E-state index is 0.229. The zero-order chi connectivity index (χ0) is 8.55. The largest absolute Gasteiger partial charge is 0.466 e. The van der Waals surface area contributed by atoms with E-state index in [0.29, 0.717) is 12.3 Å². The van der Waals surface area contributed by atoms with Gasteiger partial charge in [0.05, 0.1) is 5.69 Å². The molecule has 0 aromatic heterocycles. The number of hydrogen-bond acceptors (Lipinski definition) is 2. The van der Waals surface area contributed by atoms with E-state index in [1.807, 2.05) is 0 Å². The first-order valence-corrected chi connectivity index (χ1v) is 3.89. The normalized spacial score (nSPS) is 14.6. The molecule has 62 valence electrons. The van der Waals surface area contributed by atoms with Crippen LogP contribution in [0.1, 0.15) is 5.56 Å². The van der Waals surface area contributed by atoms with Gasteiger partial charge in [-0.3, -0.25) is 0 Å². The van der Waals surface area contributed by atoms with Crippen molar-refractivity contribution < 1.29 is 9.13 Å². The molecule has 1 aliphatic heterocycles. The zero-order valence-corrected chi connectivity index (χ0v) is 6.95. The summed E-state index contributed by atoms with van der Waals surface area (Å²) in [7, 11) is 0. The molecule has 0 aliphatic carbocycles. The van der Waals surface area contributed by atoms with Gasteiger partial charge in [-0.1, -0.05) is 12.1 Å². The molecule has 0 saturated carbocycles. The number of rotatable bonds is 0. The van der Waals surface area contributed by atoms with Gasteiger partial charge in [-0.05, 0) is 18.3 Å². The third-order valence-electron chi connectivity index (χ3n) is 1.69. The maximum atomic E-state index is 13.1. The Kier molecular flexibility index (Phi) is 1.69. The number of para-hydroxylation sites is 1. The highest BCUT2D eigenvalue weighted by molar-refractivity contribution is 7.80. The van der Waals surface area contributed by atoms with Crippen molar-refractivity contribution in [1.29, 1.82) is 0 Å². The summed E-state index contributed by atoms with van der Waals surface area (Å²) in [4.78, 5) is 0. The number of ether oxygens (including phenoxy) is 1. The molecule has 1 N–H and O–H groups in total. The third-order valence-corrected chi connectivity index (χ3v) is 1.91. The summed E-state index contributed by atoms with van der Waals surface area (Å²) in [6.07, 6.45) is 0. The Morgan fingerprint density at radius 3 is 3.17 bits per heavy atom. The van der Waals surface area contributed by atoms with Crippen molar-refractivity contribution >= 4 is 23.1 Å². The number of anilines is 1. The van der Waals surface area contributed by atoms with Gasteiger partial charge in [0.25, 0.3) is 5.17 Å². The highest BCUT2D eigenvalue weighted by Gasteiger charge is 2.15. The van der Waals surface area contributed by atoms with E-state index in [1.165, 1.54) is 6.07 Å². The zero-order valence-electron chi connectivity index (χ0n) is 6.13. The van der Waals surface area contributed by atoms with Crippen LogP contribution in [0.25, 0.3) is 0 Å². The Hall–Kier alpha value is -1.16. The summed E-state index contributed by atoms with van der Waals surface area (Å²) in [6.45, 7) is 0.346. The summed E-state index contributed by atoms with van der Waals surface area (Å²) >= 11 is 4.74. The van der Waals surface area contributed by atoms with E-state index < -0.39 is 0 Å². The molecule has 1 aromatic rings. The molecule has 0 spiro atoms. The van der Waals surface area contributed by atoms with Crippen LogP contribution in [0.3, 0.4) is 0 Å². The van der Waals surface area contributed by atoms with E-state index in [4.69, 9.17) is 17.0 Å². The molecule has 0 radical (unpaired) electrons. The van der Waals surface area contributed by atoms with E-state index in [9.17, 15) is 4.39 Å². The lowest BCUT2D eigenvalue weighted by Gasteiger charge is -2.19. The van der Waals surface area contributed by atoms with Gasteiger partial charge in [-0.2, -0.15) is 0 Å². The van der Waals surface area contributed by atoms with E-state index in [0.717, 1.165) is 5.56 Å². The average Bonchev–Trinajstić information content (AvgIpc) is 2.07. The number of thiocarbonyl (C=S) groups is 1. The van der Waals surface area contributed by atoms with Gasteiger partial charge >= 0.3 is 0 Å². The first-order chi connectivity index (χ1) is 5.77. The van der Waals surface area contributed by atoms with Crippen molar-refractivity contribution in [3.05, 3.63) is 29.6 Å². The van der Waals surface area contributed by atoms with Crippen LogP contribution in [0.5, 0.6) is 0 Å². The Labute approximate surface area is 74.3 Å². The van der Waals surface area contributed by atoms with E-state index >= 15 is 0 Å². The van der Waals surface area contributed by atoms with Gasteiger partial charge in [0, 0.05) is 5.56 Å². The van der Waals surface area contributed by atoms with Crippen molar-refractivity contribution in [1.82, 2.24) is 0 Å². The molecular formula is C8H6FNOS. The SMILES string of the molecule is Fc1cccc2c1NC(=S)OC2. The molecule has 1 heterocycles. The van der Waals surface area contributed by atoms with Crippen LogP contribution < -0.4 is 5.32 Å². The third kappa shape index (κ3) is 1.14. The molecule has 2 nitrogen and oxygen atoms in total. The second-order valence-corrected chi connectivity index (χ2v) is 2.85. The molecule has 0 amide bonds. The maximum Gasteiger partial charge on any atom is 0.261 e. The van der Waals surface area contributed by atoms with Gasteiger partial charge < -0.3 is 10.1 Å². The lowest BCUT2D eigenvalue weighted by atomic mass is 10.1. The lowest BCUT2D eigenvalue weighted by Crippen LogP contribution is -2.20. The monoisotopic (exact) mass is 183 g/mol. The summed E-state index contributed by atoms with van der Waals surface area (Å²) in [5.41, 5.74) is 1.23. The molecule has 0 saturated heterocycles. The number of benzene rings is 1. The predicted molar refractivity (Wildman–Crippen MR) is 47.4 cm³/mol. The predicted octanol–water partition coefficient (Wildman–Crippen LogP) is 2.05. The van der Waals surface area contributed by atoms with Gasteiger partial charge in [0.15, 0.2) is 0 Å². The molecule has 12 heavy (non-hydrogen) atoms. The number of fused-ring (bicyclic) bond motifs is 1. The fourth-order valence-corrected chi connectivity index (χ4v) is 1.27. The number of halogens is 1. The standard InChI is InChI=1S/C8H6FNOS/c9-6-3-1-2-5-4-11-8(12)10-7(5)6/h1-3H,4H2,(H,10,12). The van der Waals surface area contributed by atoms with Gasteiger partial charge in [-0.25, -0.2) is 4.39 Å². The summed E-state index contributed by atoms with van der Waals surface area (Å²) in [6, 6.07) is 4.83. The summed E-state index contributed by atoms with van der Waals surface area (Å²) in [5, 5.41) is 2.89. The highest BCUT2D eigenvalue weighted by Crippen LogP contribution is 2.24. The molecule has 4 heteroatoms. The van der Waals surface area contributed by atoms with Gasteiger partial charge in [-0.15, -0.1) is 0 Å². The van der Waals surface area contributed by atoms with Crippen molar-refractivity contribution in [3.8, 4) is 0 Å². The van der Waals surface area contributed by atoms with Crippen LogP contribution in [0.4, 0.5) is 10.1 Å². The van der Waals surface area contributed by atoms with Crippen LogP contribution in [-0.2, 0) is 11.3 Å². The second-order valence-electron chi connectivity index (χ2n) is 2.48. The fourth-order valence-electron chi connectivity index (χ4n) is 1.11. The molecule has 0 bridgehead atoms. The maximum absolute atomic E-state index is 13.1. The Morgan fingerprint density at radius 1 is 1.50 bits per heavy atom. The molecule has 0 fully saturated rings. The molecule has 1 aliphatic rings. The van der Waals surface area contributed by atoms with Crippen molar-refractivity contribution in [2.24, 2.45) is 0 Å². The van der Waals surface area contributed by atoms with Crippen LogP contribution >= 0.6 is 12.2 Å². The van der Waals surface area contributed by atoms with Crippen LogP contribution in [0.15, 0.2) is 18.2 Å². The van der Waals surface area contributed by atoms with Crippen molar-refractivity contribution in [3.63, 3.8) is 0 Å². The summed E-state index contributed by atoms with van der Waals surface area (Å²) in [5.74, 6) is -0.293. The minimum atomic E-state index is -0.293. The molecular weight excluding hydrogens is 177 g/mol. The number of nitrogens with one attached hydrogen (secondary N) is 1. The van der Waals surface area contributed by atoms with Crippen LogP contribution in [-0.4, -0.2) is 5.17 Å². The van der Waals surface area contributed by atoms with Crippen LogP contribution in [0.2, 0.25) is 0 Å². The minimum Gasteiger partial charge on any atom is -0.466 e. The Morgan fingerprint density at radius 2 is 2.33 bits per heavy atom. The van der Waals surface area contributed by atoms with Crippen molar-refractivity contribution in [2.45, 2.75) is 6.61 Å². The van der Waals surface area contributed by atoms with Gasteiger partial charge in [0.1, 0.15) is 12.4 Å². The van der Waals surface area contributed by atoms with E-state index in [1.54, 1.807) is 12.1 Å². The lowest BCUT2D eigenvalue weighted by molar-refractivity contribution is 0.293. The summed E-state index contributed by atoms with van der Waals surface area (Å²) < 4.78 is 18.1. The quantitative estimate of drug-likeness (QED) is 0.622. The topological polar surface area (TPSA) is 21.3 Å². The Balaban J connectivity index is 2.50. The molecule has 1 aromatic carbocycles. The second kappa shape index (κ2) is 2.71. The van der Waals surface area contributed by atoms with Gasteiger partial charge in [0.2, 0.25) is 0 Å². The number of hydrogen-bond donors (Lipinski definition) is 1. The molecule has 0 atom stereocenters. The first-order valence-electron chi connectivity index (χ1n) is 3.48. The smallest absolute Gasteiger partial charge is 0.261 e. The first kappa shape index (κ1) is 7.49.